The Labute approximate surface area is 211 Å². The first kappa shape index (κ1) is 24.4. The van der Waals surface area contributed by atoms with Gasteiger partial charge in [0.05, 0.1) is 12.2 Å². The Kier molecular flexibility index (Phi) is 8.58. The van der Waals surface area contributed by atoms with Gasteiger partial charge in [-0.1, -0.05) is 30.3 Å². The number of aliphatic imine (C=N–C) groups is 1. The molecule has 0 bridgehead atoms. The fourth-order valence-corrected chi connectivity index (χ4v) is 3.55. The van der Waals surface area contributed by atoms with Crippen molar-refractivity contribution >= 4 is 29.9 Å². The summed E-state index contributed by atoms with van der Waals surface area (Å²) < 4.78 is 3.78. The highest BCUT2D eigenvalue weighted by Crippen LogP contribution is 2.11. The summed E-state index contributed by atoms with van der Waals surface area (Å²) >= 11 is 0. The lowest BCUT2D eigenvalue weighted by atomic mass is 10.1. The van der Waals surface area contributed by atoms with E-state index in [9.17, 15) is 0 Å². The Hall–Kier alpha value is -3.21. The molecular weight excluding hydrogens is 527 g/mol. The number of rotatable bonds is 7. The molecule has 3 heterocycles. The van der Waals surface area contributed by atoms with E-state index in [1.165, 1.54) is 11.1 Å². The molecule has 0 radical (unpaired) electrons. The van der Waals surface area contributed by atoms with Crippen molar-refractivity contribution in [2.24, 2.45) is 4.99 Å². The molecule has 33 heavy (non-hydrogen) atoms. The van der Waals surface area contributed by atoms with E-state index >= 15 is 0 Å². The van der Waals surface area contributed by atoms with Crippen LogP contribution < -0.4 is 10.6 Å². The van der Waals surface area contributed by atoms with Gasteiger partial charge in [0.15, 0.2) is 11.8 Å². The number of benzene rings is 1. The zero-order valence-corrected chi connectivity index (χ0v) is 21.4. The summed E-state index contributed by atoms with van der Waals surface area (Å²) in [7, 11) is 1.77. The number of hydrogen-bond acceptors (Lipinski definition) is 4. The molecule has 0 unspecified atom stereocenters. The fourth-order valence-electron chi connectivity index (χ4n) is 3.55. The highest BCUT2D eigenvalue weighted by atomic mass is 127. The summed E-state index contributed by atoms with van der Waals surface area (Å²) in [5.41, 5.74) is 5.55. The van der Waals surface area contributed by atoms with Crippen molar-refractivity contribution in [3.63, 3.8) is 0 Å². The summed E-state index contributed by atoms with van der Waals surface area (Å²) in [6.07, 6.45) is 5.63. The predicted molar refractivity (Wildman–Crippen MR) is 141 cm³/mol. The predicted octanol–water partition coefficient (Wildman–Crippen LogP) is 3.61. The zero-order chi connectivity index (χ0) is 22.3. The Bertz CT molecular complexity index is 1180. The normalized spacial score (nSPS) is 11.2. The lowest BCUT2D eigenvalue weighted by Crippen LogP contribution is -2.36. The first-order chi connectivity index (χ1) is 15.6. The number of pyridine rings is 1. The Morgan fingerprint density at radius 1 is 1.00 bits per heavy atom. The van der Waals surface area contributed by atoms with Gasteiger partial charge in [-0.2, -0.15) is 10.2 Å². The molecule has 0 saturated heterocycles. The molecule has 0 spiro atoms. The lowest BCUT2D eigenvalue weighted by molar-refractivity contribution is 0.677. The number of guanidine groups is 1. The van der Waals surface area contributed by atoms with E-state index in [1.807, 2.05) is 53.8 Å². The standard InChI is InChI=1S/C24H28N8.HI/c1-18-13-19(2)32(30-18)23-10-9-20(14-26-23)15-27-24(25-3)28-16-21-7-4-5-8-22(21)17-31-12-6-11-29-31;/h4-14H,15-17H2,1-3H3,(H2,25,27,28);1H. The highest BCUT2D eigenvalue weighted by molar-refractivity contribution is 14.0. The quantitative estimate of drug-likeness (QED) is 0.207. The van der Waals surface area contributed by atoms with Crippen LogP contribution in [0.3, 0.4) is 0 Å². The molecule has 4 aromatic rings. The summed E-state index contributed by atoms with van der Waals surface area (Å²) in [5.74, 6) is 1.55. The van der Waals surface area contributed by atoms with Gasteiger partial charge in [-0.15, -0.1) is 24.0 Å². The number of hydrogen-bond donors (Lipinski definition) is 2. The van der Waals surface area contributed by atoms with Crippen molar-refractivity contribution in [1.29, 1.82) is 0 Å². The van der Waals surface area contributed by atoms with Crippen molar-refractivity contribution in [1.82, 2.24) is 35.2 Å². The van der Waals surface area contributed by atoms with Gasteiger partial charge in [0.2, 0.25) is 0 Å². The molecule has 0 fully saturated rings. The van der Waals surface area contributed by atoms with Crippen molar-refractivity contribution in [2.75, 3.05) is 7.05 Å². The lowest BCUT2D eigenvalue weighted by Gasteiger charge is -2.14. The van der Waals surface area contributed by atoms with Crippen molar-refractivity contribution in [2.45, 2.75) is 33.5 Å². The van der Waals surface area contributed by atoms with Gasteiger partial charge in [0, 0.05) is 44.4 Å². The van der Waals surface area contributed by atoms with Gasteiger partial charge in [-0.25, -0.2) is 9.67 Å². The molecule has 0 saturated carbocycles. The highest BCUT2D eigenvalue weighted by Gasteiger charge is 2.07. The smallest absolute Gasteiger partial charge is 0.191 e. The second kappa shape index (κ2) is 11.6. The van der Waals surface area contributed by atoms with Gasteiger partial charge in [-0.3, -0.25) is 9.67 Å². The number of aromatic nitrogens is 5. The van der Waals surface area contributed by atoms with Gasteiger partial charge >= 0.3 is 0 Å². The SMILES string of the molecule is CN=C(NCc1ccc(-n2nc(C)cc2C)nc1)NCc1ccccc1Cn1cccn1.I. The summed E-state index contributed by atoms with van der Waals surface area (Å²) in [6, 6.07) is 16.4. The number of nitrogens with one attached hydrogen (secondary N) is 2. The molecule has 9 heteroatoms. The van der Waals surface area contributed by atoms with E-state index < -0.39 is 0 Å². The van der Waals surface area contributed by atoms with Crippen LogP contribution in [0.15, 0.2) is 72.1 Å². The Morgan fingerprint density at radius 3 is 2.42 bits per heavy atom. The fraction of sp³-hybridized carbons (Fsp3) is 0.250. The number of nitrogens with zero attached hydrogens (tertiary/aromatic N) is 6. The first-order valence-corrected chi connectivity index (χ1v) is 10.6. The van der Waals surface area contributed by atoms with E-state index in [0.29, 0.717) is 13.1 Å². The Balaban J connectivity index is 0.00000306. The van der Waals surface area contributed by atoms with Gasteiger partial charge in [0.25, 0.3) is 0 Å². The van der Waals surface area contributed by atoms with Crippen molar-refractivity contribution in [3.05, 3.63) is 95.2 Å². The molecule has 2 N–H and O–H groups in total. The summed E-state index contributed by atoms with van der Waals surface area (Å²) in [6.45, 7) is 6.05. The minimum absolute atomic E-state index is 0. The molecule has 4 rings (SSSR count). The molecule has 0 aliphatic heterocycles. The van der Waals surface area contributed by atoms with Crippen molar-refractivity contribution in [3.8, 4) is 5.82 Å². The van der Waals surface area contributed by atoms with Gasteiger partial charge in [-0.05, 0) is 48.7 Å². The molecule has 8 nitrogen and oxygen atoms in total. The van der Waals surface area contributed by atoms with E-state index in [-0.39, 0.29) is 24.0 Å². The van der Waals surface area contributed by atoms with Crippen LogP contribution in [0.25, 0.3) is 5.82 Å². The molecule has 3 aromatic heterocycles. The number of aryl methyl sites for hydroxylation is 2. The Morgan fingerprint density at radius 2 is 1.79 bits per heavy atom. The van der Waals surface area contributed by atoms with Crippen LogP contribution in [-0.2, 0) is 19.6 Å². The van der Waals surface area contributed by atoms with Crippen LogP contribution in [0, 0.1) is 13.8 Å². The largest absolute Gasteiger partial charge is 0.352 e. The first-order valence-electron chi connectivity index (χ1n) is 10.6. The van der Waals surface area contributed by atoms with Crippen LogP contribution in [0.5, 0.6) is 0 Å². The molecule has 0 aliphatic rings. The maximum absolute atomic E-state index is 4.56. The van der Waals surface area contributed by atoms with Crippen LogP contribution in [-0.4, -0.2) is 37.6 Å². The van der Waals surface area contributed by atoms with Crippen LogP contribution in [0.2, 0.25) is 0 Å². The zero-order valence-electron chi connectivity index (χ0n) is 19.1. The monoisotopic (exact) mass is 556 g/mol. The van der Waals surface area contributed by atoms with Crippen LogP contribution >= 0.6 is 24.0 Å². The van der Waals surface area contributed by atoms with Gasteiger partial charge in [0.1, 0.15) is 0 Å². The summed E-state index contributed by atoms with van der Waals surface area (Å²) in [4.78, 5) is 8.90. The maximum atomic E-state index is 4.56. The van der Waals surface area contributed by atoms with E-state index in [1.54, 1.807) is 13.2 Å². The minimum Gasteiger partial charge on any atom is -0.352 e. The number of halogens is 1. The molecule has 0 aliphatic carbocycles. The summed E-state index contributed by atoms with van der Waals surface area (Å²) in [5, 5.41) is 15.5. The average Bonchev–Trinajstić information content (AvgIpc) is 3.44. The second-order valence-electron chi connectivity index (χ2n) is 7.62. The molecule has 172 valence electrons. The second-order valence-corrected chi connectivity index (χ2v) is 7.62. The molecule has 1 aromatic carbocycles. The van der Waals surface area contributed by atoms with Gasteiger partial charge < -0.3 is 10.6 Å². The van der Waals surface area contributed by atoms with E-state index in [2.05, 4.69) is 61.1 Å². The van der Waals surface area contributed by atoms with Crippen LogP contribution in [0.4, 0.5) is 0 Å². The maximum Gasteiger partial charge on any atom is 0.191 e. The molecule has 0 amide bonds. The molecule has 0 atom stereocenters. The third kappa shape index (κ3) is 6.41. The molecular formula is C24H29IN8. The van der Waals surface area contributed by atoms with E-state index in [0.717, 1.165) is 35.3 Å². The average molecular weight is 556 g/mol. The minimum atomic E-state index is 0. The van der Waals surface area contributed by atoms with E-state index in [4.69, 9.17) is 0 Å². The topological polar surface area (TPSA) is 85.0 Å². The van der Waals surface area contributed by atoms with Crippen molar-refractivity contribution < 1.29 is 0 Å². The third-order valence-electron chi connectivity index (χ3n) is 5.18. The van der Waals surface area contributed by atoms with Crippen LogP contribution in [0.1, 0.15) is 28.1 Å². The third-order valence-corrected chi connectivity index (χ3v) is 5.18.